The van der Waals surface area contributed by atoms with E-state index in [4.69, 9.17) is 5.11 Å². The summed E-state index contributed by atoms with van der Waals surface area (Å²) in [6, 6.07) is 0.715. The Bertz CT molecular complexity index is 681. The maximum absolute atomic E-state index is 12.9. The van der Waals surface area contributed by atoms with Crippen LogP contribution < -0.4 is 0 Å². The van der Waals surface area contributed by atoms with Gasteiger partial charge >= 0.3 is 18.3 Å². The third-order valence-corrected chi connectivity index (χ3v) is 4.34. The van der Waals surface area contributed by atoms with Crippen molar-refractivity contribution < 1.29 is 41.0 Å². The minimum Gasteiger partial charge on any atom is -0.481 e. The molecule has 1 aliphatic rings. The Kier molecular flexibility index (Phi) is 5.25. The fourth-order valence-corrected chi connectivity index (χ4v) is 2.96. The molecule has 2 rings (SSSR count). The largest absolute Gasteiger partial charge is 0.481 e. The van der Waals surface area contributed by atoms with Crippen LogP contribution in [0.3, 0.4) is 0 Å². The maximum Gasteiger partial charge on any atom is 0.416 e. The van der Waals surface area contributed by atoms with Crippen LogP contribution in [-0.2, 0) is 17.1 Å². The standard InChI is InChI=1S/C16H15F6NO3/c1-8-7-23(3-2-12(8)14(25)26)13(24)9-4-10(15(17,18)19)6-11(5-9)16(20,21)22/h4-6,8,12H,2-3,7H2,1H3,(H,25,26). The van der Waals surface area contributed by atoms with Crippen molar-refractivity contribution in [2.75, 3.05) is 13.1 Å². The van der Waals surface area contributed by atoms with Crippen molar-refractivity contribution in [3.63, 3.8) is 0 Å². The van der Waals surface area contributed by atoms with Crippen molar-refractivity contribution in [1.29, 1.82) is 0 Å². The molecule has 1 N–H and O–H groups in total. The number of carboxylic acids is 1. The molecule has 1 fully saturated rings. The molecule has 2 unspecified atom stereocenters. The lowest BCUT2D eigenvalue weighted by atomic mass is 9.86. The van der Waals surface area contributed by atoms with Crippen LogP contribution in [0.1, 0.15) is 34.8 Å². The van der Waals surface area contributed by atoms with E-state index in [1.165, 1.54) is 0 Å². The van der Waals surface area contributed by atoms with Gasteiger partial charge in [-0.3, -0.25) is 9.59 Å². The zero-order valence-electron chi connectivity index (χ0n) is 13.5. The van der Waals surface area contributed by atoms with Crippen LogP contribution in [0.2, 0.25) is 0 Å². The number of benzene rings is 1. The van der Waals surface area contributed by atoms with Crippen molar-refractivity contribution >= 4 is 11.9 Å². The Hall–Kier alpha value is -2.26. The molecule has 0 aromatic heterocycles. The molecule has 144 valence electrons. The molecule has 1 amide bonds. The molecular weight excluding hydrogens is 368 g/mol. The second-order valence-corrected chi connectivity index (χ2v) is 6.26. The summed E-state index contributed by atoms with van der Waals surface area (Å²) in [5.41, 5.74) is -3.86. The lowest BCUT2D eigenvalue weighted by Crippen LogP contribution is -2.45. The lowest BCUT2D eigenvalue weighted by Gasteiger charge is -2.35. The summed E-state index contributed by atoms with van der Waals surface area (Å²) in [5, 5.41) is 9.05. The van der Waals surface area contributed by atoms with E-state index in [1.54, 1.807) is 6.92 Å². The Labute approximate surface area is 144 Å². The number of carboxylic acid groups (broad SMARTS) is 1. The highest BCUT2D eigenvalue weighted by Gasteiger charge is 2.39. The van der Waals surface area contributed by atoms with Gasteiger partial charge < -0.3 is 10.0 Å². The van der Waals surface area contributed by atoms with Gasteiger partial charge in [-0.05, 0) is 30.5 Å². The van der Waals surface area contributed by atoms with Crippen LogP contribution in [0, 0.1) is 11.8 Å². The Morgan fingerprint density at radius 2 is 1.54 bits per heavy atom. The summed E-state index contributed by atoms with van der Waals surface area (Å²) in [7, 11) is 0. The molecule has 1 saturated heterocycles. The third-order valence-electron chi connectivity index (χ3n) is 4.34. The number of halogens is 6. The number of alkyl halides is 6. The first-order valence-electron chi connectivity index (χ1n) is 7.62. The summed E-state index contributed by atoms with van der Waals surface area (Å²) >= 11 is 0. The van der Waals surface area contributed by atoms with Gasteiger partial charge in [0.15, 0.2) is 0 Å². The van der Waals surface area contributed by atoms with Gasteiger partial charge in [-0.15, -0.1) is 0 Å². The van der Waals surface area contributed by atoms with Crippen LogP contribution in [0.25, 0.3) is 0 Å². The van der Waals surface area contributed by atoms with Gasteiger partial charge in [0, 0.05) is 18.7 Å². The van der Waals surface area contributed by atoms with E-state index < -0.39 is 52.8 Å². The number of hydrogen-bond acceptors (Lipinski definition) is 2. The van der Waals surface area contributed by atoms with E-state index >= 15 is 0 Å². The minimum atomic E-state index is -5.04. The van der Waals surface area contributed by atoms with Crippen molar-refractivity contribution in [3.8, 4) is 0 Å². The Morgan fingerprint density at radius 1 is 1.04 bits per heavy atom. The quantitative estimate of drug-likeness (QED) is 0.788. The summed E-state index contributed by atoms with van der Waals surface area (Å²) in [5.74, 6) is -3.23. The number of carbonyl (C=O) groups excluding carboxylic acids is 1. The van der Waals surface area contributed by atoms with Gasteiger partial charge in [-0.25, -0.2) is 0 Å². The number of carbonyl (C=O) groups is 2. The number of piperidine rings is 1. The van der Waals surface area contributed by atoms with Crippen molar-refractivity contribution in [2.24, 2.45) is 11.8 Å². The summed E-state index contributed by atoms with van der Waals surface area (Å²) in [6.07, 6.45) is -10.0. The monoisotopic (exact) mass is 383 g/mol. The molecule has 1 heterocycles. The number of amides is 1. The van der Waals surface area contributed by atoms with E-state index in [0.29, 0.717) is 12.1 Å². The number of rotatable bonds is 2. The average Bonchev–Trinajstić information content (AvgIpc) is 2.51. The van der Waals surface area contributed by atoms with Crippen molar-refractivity contribution in [2.45, 2.75) is 25.7 Å². The smallest absolute Gasteiger partial charge is 0.416 e. The van der Waals surface area contributed by atoms with Crippen molar-refractivity contribution in [1.82, 2.24) is 4.90 Å². The zero-order chi connectivity index (χ0) is 19.9. The molecule has 1 aliphatic heterocycles. The number of likely N-dealkylation sites (tertiary alicyclic amines) is 1. The van der Waals surface area contributed by atoms with E-state index in [2.05, 4.69) is 0 Å². The Balaban J connectivity index is 2.35. The molecular formula is C16H15F6NO3. The summed E-state index contributed by atoms with van der Waals surface area (Å²) in [4.78, 5) is 24.6. The van der Waals surface area contributed by atoms with Gasteiger partial charge in [-0.2, -0.15) is 26.3 Å². The lowest BCUT2D eigenvalue weighted by molar-refractivity contribution is -0.145. The van der Waals surface area contributed by atoms with Gasteiger partial charge in [-0.1, -0.05) is 6.92 Å². The minimum absolute atomic E-state index is 0.0456. The normalized spacial score (nSPS) is 21.6. The SMILES string of the molecule is CC1CN(C(=O)c2cc(C(F)(F)F)cc(C(F)(F)F)c2)CCC1C(=O)O. The zero-order valence-corrected chi connectivity index (χ0v) is 13.5. The first-order chi connectivity index (χ1) is 11.8. The summed E-state index contributed by atoms with van der Waals surface area (Å²) in [6.45, 7) is 1.44. The van der Waals surface area contributed by atoms with Crippen LogP contribution in [0.5, 0.6) is 0 Å². The van der Waals surface area contributed by atoms with Crippen molar-refractivity contribution in [3.05, 3.63) is 34.9 Å². The van der Waals surface area contributed by atoms with Crippen LogP contribution in [-0.4, -0.2) is 35.0 Å². The first kappa shape index (κ1) is 20.1. The Morgan fingerprint density at radius 3 is 1.92 bits per heavy atom. The van der Waals surface area contributed by atoms with Crippen LogP contribution in [0.15, 0.2) is 18.2 Å². The topological polar surface area (TPSA) is 57.6 Å². The van der Waals surface area contributed by atoms with Crippen LogP contribution >= 0.6 is 0 Å². The average molecular weight is 383 g/mol. The highest BCUT2D eigenvalue weighted by atomic mass is 19.4. The third kappa shape index (κ3) is 4.28. The molecule has 10 heteroatoms. The molecule has 0 saturated carbocycles. The number of aliphatic carboxylic acids is 1. The van der Waals surface area contributed by atoms with Crippen LogP contribution in [0.4, 0.5) is 26.3 Å². The van der Waals surface area contributed by atoms with E-state index in [1.807, 2.05) is 0 Å². The van der Waals surface area contributed by atoms with E-state index in [0.717, 1.165) is 4.90 Å². The fraction of sp³-hybridized carbons (Fsp3) is 0.500. The second kappa shape index (κ2) is 6.81. The second-order valence-electron chi connectivity index (χ2n) is 6.26. The maximum atomic E-state index is 12.9. The molecule has 1 aromatic carbocycles. The van der Waals surface area contributed by atoms with E-state index in [9.17, 15) is 35.9 Å². The molecule has 2 atom stereocenters. The molecule has 26 heavy (non-hydrogen) atoms. The molecule has 0 spiro atoms. The molecule has 0 radical (unpaired) electrons. The number of hydrogen-bond donors (Lipinski definition) is 1. The predicted molar refractivity (Wildman–Crippen MR) is 77.3 cm³/mol. The first-order valence-corrected chi connectivity index (χ1v) is 7.62. The highest BCUT2D eigenvalue weighted by Crippen LogP contribution is 2.37. The molecule has 0 bridgehead atoms. The van der Waals surface area contributed by atoms with Gasteiger partial charge in [0.25, 0.3) is 5.91 Å². The van der Waals surface area contributed by atoms with Gasteiger partial charge in [0.05, 0.1) is 17.0 Å². The fourth-order valence-electron chi connectivity index (χ4n) is 2.96. The summed E-state index contributed by atoms with van der Waals surface area (Å²) < 4.78 is 77.3. The van der Waals surface area contributed by atoms with Gasteiger partial charge in [0.2, 0.25) is 0 Å². The molecule has 4 nitrogen and oxygen atoms in total. The highest BCUT2D eigenvalue weighted by molar-refractivity contribution is 5.95. The predicted octanol–water partition coefficient (Wildman–Crippen LogP) is 3.91. The van der Waals surface area contributed by atoms with Gasteiger partial charge in [0.1, 0.15) is 0 Å². The number of nitrogens with zero attached hydrogens (tertiary/aromatic N) is 1. The molecule has 1 aromatic rings. The van der Waals surface area contributed by atoms with E-state index in [-0.39, 0.29) is 25.6 Å². The molecule has 0 aliphatic carbocycles.